The van der Waals surface area contributed by atoms with Crippen molar-refractivity contribution in [1.29, 1.82) is 0 Å². The first-order valence-corrected chi connectivity index (χ1v) is 12.7. The second-order valence-electron chi connectivity index (χ2n) is 9.50. The number of aliphatic hydroxyl groups is 1. The fraction of sp³-hybridized carbons (Fsp3) is 0.417. The number of rotatable bonds is 4. The number of hydrogen-bond acceptors (Lipinski definition) is 5. The maximum Gasteiger partial charge on any atom is 0.402 e. The molecule has 2 bridgehead atoms. The molecule has 2 fully saturated rings. The van der Waals surface area contributed by atoms with Crippen LogP contribution in [-0.2, 0) is 23.1 Å². The zero-order valence-electron chi connectivity index (χ0n) is 18.6. The average molecular weight is 508 g/mol. The van der Waals surface area contributed by atoms with Crippen molar-refractivity contribution < 1.29 is 31.5 Å². The third kappa shape index (κ3) is 4.48. The molecular formula is C24H24F3N3O4S. The van der Waals surface area contributed by atoms with Crippen LogP contribution in [0.2, 0.25) is 0 Å². The number of halogens is 3. The van der Waals surface area contributed by atoms with E-state index in [1.165, 1.54) is 6.20 Å². The van der Waals surface area contributed by atoms with Crippen molar-refractivity contribution in [3.63, 3.8) is 0 Å². The Morgan fingerprint density at radius 3 is 2.54 bits per heavy atom. The van der Waals surface area contributed by atoms with E-state index in [-0.39, 0.29) is 29.8 Å². The zero-order valence-corrected chi connectivity index (χ0v) is 19.4. The second kappa shape index (κ2) is 8.42. The van der Waals surface area contributed by atoms with Crippen LogP contribution in [0.15, 0.2) is 48.7 Å². The van der Waals surface area contributed by atoms with Crippen LogP contribution in [0.5, 0.6) is 0 Å². The third-order valence-corrected chi connectivity index (χ3v) is 8.97. The molecule has 0 radical (unpaired) electrons. The molecule has 1 saturated carbocycles. The van der Waals surface area contributed by atoms with E-state index < -0.39 is 34.3 Å². The summed E-state index contributed by atoms with van der Waals surface area (Å²) in [5.74, 6) is -0.979. The standard InChI is InChI=1S/C24H24F3N3O4S/c25-24(26,27)14-30-13-23(29-35(30,33)34)18-6-7-19(23)11-17-9-16(5-4-15(17)10-18)21(31)12-22(32)20-3-1-2-8-28-20/h1-5,8-9,12,18-19,29,31H,6-7,10-11,13-14H2/t18-,19+,23+/m0/s1. The molecule has 1 spiro atoms. The van der Waals surface area contributed by atoms with Crippen molar-refractivity contribution in [2.45, 2.75) is 37.4 Å². The Morgan fingerprint density at radius 1 is 1.17 bits per heavy atom. The maximum absolute atomic E-state index is 13.0. The monoisotopic (exact) mass is 507 g/mol. The molecule has 2 heterocycles. The van der Waals surface area contributed by atoms with Gasteiger partial charge in [-0.3, -0.25) is 9.78 Å². The van der Waals surface area contributed by atoms with Gasteiger partial charge in [0.25, 0.3) is 10.2 Å². The van der Waals surface area contributed by atoms with Crippen LogP contribution in [-0.4, -0.2) is 53.4 Å². The lowest BCUT2D eigenvalue weighted by atomic mass is 9.79. The summed E-state index contributed by atoms with van der Waals surface area (Å²) in [5, 5.41) is 10.6. The molecule has 0 unspecified atom stereocenters. The Balaban J connectivity index is 1.42. The fourth-order valence-electron chi connectivity index (χ4n) is 5.79. The Kier molecular flexibility index (Phi) is 5.77. The lowest BCUT2D eigenvalue weighted by Gasteiger charge is -2.33. The van der Waals surface area contributed by atoms with Crippen molar-refractivity contribution in [2.75, 3.05) is 13.1 Å². The molecule has 2 aliphatic carbocycles. The van der Waals surface area contributed by atoms with E-state index in [0.29, 0.717) is 29.1 Å². The van der Waals surface area contributed by atoms with Crippen molar-refractivity contribution >= 4 is 21.8 Å². The quantitative estimate of drug-likeness (QED) is 0.375. The number of aliphatic hydroxyl groups excluding tert-OH is 1. The molecule has 35 heavy (non-hydrogen) atoms. The summed E-state index contributed by atoms with van der Waals surface area (Å²) in [6.07, 6.45) is 0.357. The molecule has 11 heteroatoms. The van der Waals surface area contributed by atoms with Crippen LogP contribution in [0.1, 0.15) is 40.0 Å². The minimum Gasteiger partial charge on any atom is -0.507 e. The number of aromatic nitrogens is 1. The third-order valence-electron chi connectivity index (χ3n) is 7.39. The summed E-state index contributed by atoms with van der Waals surface area (Å²) in [6, 6.07) is 10.2. The molecule has 3 atom stereocenters. The number of fused-ring (bicyclic) bond motifs is 1. The highest BCUT2D eigenvalue weighted by molar-refractivity contribution is 7.87. The summed E-state index contributed by atoms with van der Waals surface area (Å²) in [7, 11) is -4.25. The molecule has 186 valence electrons. The number of benzene rings is 1. The molecule has 2 N–H and O–H groups in total. The second-order valence-corrected chi connectivity index (χ2v) is 11.2. The van der Waals surface area contributed by atoms with Crippen LogP contribution >= 0.6 is 0 Å². The van der Waals surface area contributed by atoms with Gasteiger partial charge in [0.2, 0.25) is 5.78 Å². The molecule has 3 aliphatic rings. The molecule has 1 aromatic heterocycles. The van der Waals surface area contributed by atoms with Gasteiger partial charge in [0.15, 0.2) is 0 Å². The largest absolute Gasteiger partial charge is 0.507 e. The molecule has 1 aromatic carbocycles. The van der Waals surface area contributed by atoms with E-state index >= 15 is 0 Å². The molecule has 7 nitrogen and oxygen atoms in total. The summed E-state index contributed by atoms with van der Waals surface area (Å²) >= 11 is 0. The van der Waals surface area contributed by atoms with Gasteiger partial charge in [0.1, 0.15) is 18.0 Å². The molecule has 5 rings (SSSR count). The summed E-state index contributed by atoms with van der Waals surface area (Å²) in [6.45, 7) is -1.72. The zero-order chi connectivity index (χ0) is 25.0. The summed E-state index contributed by atoms with van der Waals surface area (Å²) in [4.78, 5) is 16.4. The Hall–Kier alpha value is -2.76. The first-order chi connectivity index (χ1) is 16.5. The molecule has 0 amide bonds. The van der Waals surface area contributed by atoms with Gasteiger partial charge in [0.05, 0.1) is 5.54 Å². The molecule has 1 saturated heterocycles. The number of ketones is 1. The van der Waals surface area contributed by atoms with Crippen molar-refractivity contribution in [2.24, 2.45) is 11.8 Å². The van der Waals surface area contributed by atoms with E-state index in [1.54, 1.807) is 30.3 Å². The van der Waals surface area contributed by atoms with Gasteiger partial charge in [-0.25, -0.2) is 0 Å². The maximum atomic E-state index is 13.0. The fourth-order valence-corrected chi connectivity index (χ4v) is 7.50. The van der Waals surface area contributed by atoms with Crippen molar-refractivity contribution in [1.82, 2.24) is 14.0 Å². The lowest BCUT2D eigenvalue weighted by Crippen LogP contribution is -2.52. The Morgan fingerprint density at radius 2 is 1.89 bits per heavy atom. The van der Waals surface area contributed by atoms with E-state index in [1.807, 2.05) is 6.07 Å². The number of nitrogens with one attached hydrogen (secondary N) is 1. The van der Waals surface area contributed by atoms with Crippen LogP contribution in [0, 0.1) is 11.8 Å². The minimum atomic E-state index is -4.63. The average Bonchev–Trinajstić information content (AvgIpc) is 3.17. The van der Waals surface area contributed by atoms with Gasteiger partial charge >= 0.3 is 6.18 Å². The first-order valence-electron chi connectivity index (χ1n) is 11.3. The number of nitrogens with zero attached hydrogens (tertiary/aromatic N) is 2. The number of allylic oxidation sites excluding steroid dienone is 1. The van der Waals surface area contributed by atoms with E-state index in [9.17, 15) is 31.5 Å². The Bertz CT molecular complexity index is 1300. The van der Waals surface area contributed by atoms with Crippen molar-refractivity contribution in [3.8, 4) is 0 Å². The smallest absolute Gasteiger partial charge is 0.402 e. The highest BCUT2D eigenvalue weighted by Gasteiger charge is 2.60. The van der Waals surface area contributed by atoms with E-state index in [4.69, 9.17) is 0 Å². The van der Waals surface area contributed by atoms with Gasteiger partial charge in [-0.1, -0.05) is 18.2 Å². The summed E-state index contributed by atoms with van der Waals surface area (Å²) < 4.78 is 67.5. The highest BCUT2D eigenvalue weighted by Crippen LogP contribution is 2.50. The number of pyridine rings is 1. The van der Waals surface area contributed by atoms with Crippen LogP contribution in [0.4, 0.5) is 13.2 Å². The van der Waals surface area contributed by atoms with Crippen LogP contribution in [0.25, 0.3) is 5.76 Å². The highest BCUT2D eigenvalue weighted by atomic mass is 32.2. The van der Waals surface area contributed by atoms with Crippen LogP contribution in [0.3, 0.4) is 0 Å². The van der Waals surface area contributed by atoms with Gasteiger partial charge in [-0.05, 0) is 66.8 Å². The Labute approximate surface area is 200 Å². The van der Waals surface area contributed by atoms with E-state index in [2.05, 4.69) is 9.71 Å². The van der Waals surface area contributed by atoms with Crippen molar-refractivity contribution in [3.05, 3.63) is 71.1 Å². The number of carbonyl (C=O) groups excluding carboxylic acids is 1. The van der Waals surface area contributed by atoms with Gasteiger partial charge in [-0.2, -0.15) is 30.6 Å². The minimum absolute atomic E-state index is 0.137. The van der Waals surface area contributed by atoms with Crippen LogP contribution < -0.4 is 4.72 Å². The predicted octanol–water partition coefficient (Wildman–Crippen LogP) is 3.44. The lowest BCUT2D eigenvalue weighted by molar-refractivity contribution is -0.136. The van der Waals surface area contributed by atoms with Gasteiger partial charge < -0.3 is 5.11 Å². The first kappa shape index (κ1) is 24.0. The number of carbonyl (C=O) groups is 1. The van der Waals surface area contributed by atoms with Gasteiger partial charge in [0, 0.05) is 24.4 Å². The molecular weight excluding hydrogens is 483 g/mol. The van der Waals surface area contributed by atoms with E-state index in [0.717, 1.165) is 23.6 Å². The number of hydrogen-bond donors (Lipinski definition) is 2. The summed E-state index contributed by atoms with van der Waals surface area (Å²) in [5.41, 5.74) is 1.54. The predicted molar refractivity (Wildman–Crippen MR) is 122 cm³/mol. The normalized spacial score (nSPS) is 28.1. The SMILES string of the molecule is O=C(C=C(O)c1ccc2c(c1)C[C@H]1CC[C@@H](C2)[C@]12CN(CC(F)(F)F)S(=O)(=O)N2)c1ccccn1. The topological polar surface area (TPSA) is 99.6 Å². The molecule has 2 aromatic rings. The molecule has 1 aliphatic heterocycles. The van der Waals surface area contributed by atoms with Gasteiger partial charge in [-0.15, -0.1) is 0 Å². The number of alkyl halides is 3.